The van der Waals surface area contributed by atoms with Crippen LogP contribution in [-0.4, -0.2) is 16.9 Å². The van der Waals surface area contributed by atoms with Gasteiger partial charge in [0, 0.05) is 0 Å². The third-order valence-electron chi connectivity index (χ3n) is 2.28. The lowest BCUT2D eigenvalue weighted by atomic mass is 9.96. The number of hydrogen-bond donors (Lipinski definition) is 2. The number of aliphatic imine (C=N–C) groups is 1. The van der Waals surface area contributed by atoms with E-state index in [4.69, 9.17) is 23.7 Å². The molecule has 0 aromatic heterocycles. The summed E-state index contributed by atoms with van der Waals surface area (Å²) >= 11 is 4.76. The van der Waals surface area contributed by atoms with E-state index >= 15 is 0 Å². The Bertz CT molecular complexity index is 207. The molecule has 0 radical (unpaired) electrons. The van der Waals surface area contributed by atoms with Gasteiger partial charge in [0.1, 0.15) is 5.84 Å². The molecule has 0 spiro atoms. The van der Waals surface area contributed by atoms with Crippen LogP contribution in [0.25, 0.3) is 0 Å². The number of thiocarbonyl (C=S) groups is 1. The standard InChI is InChI=1S/C9H17N3S/c10-8(6-9(11)13)12-7-4-2-1-3-5-7/h7H,1-6H2,(H2,10,12)(H2,11,13). The summed E-state index contributed by atoms with van der Waals surface area (Å²) in [5.41, 5.74) is 11.1. The number of nitrogens with zero attached hydrogens (tertiary/aromatic N) is 1. The zero-order chi connectivity index (χ0) is 9.68. The molecule has 0 unspecified atom stereocenters. The topological polar surface area (TPSA) is 64.4 Å². The summed E-state index contributed by atoms with van der Waals surface area (Å²) in [5.74, 6) is 0.597. The fourth-order valence-electron chi connectivity index (χ4n) is 1.67. The Kier molecular flexibility index (Phi) is 4.15. The smallest absolute Gasteiger partial charge is 0.101 e. The van der Waals surface area contributed by atoms with E-state index in [2.05, 4.69) is 4.99 Å². The van der Waals surface area contributed by atoms with Crippen LogP contribution in [0.5, 0.6) is 0 Å². The van der Waals surface area contributed by atoms with Crippen LogP contribution in [0.3, 0.4) is 0 Å². The largest absolute Gasteiger partial charge is 0.393 e. The fraction of sp³-hybridized carbons (Fsp3) is 0.778. The molecule has 0 saturated heterocycles. The summed E-state index contributed by atoms with van der Waals surface area (Å²) in [6.07, 6.45) is 6.67. The van der Waals surface area contributed by atoms with Crippen LogP contribution in [0.2, 0.25) is 0 Å². The Hall–Kier alpha value is -0.640. The van der Waals surface area contributed by atoms with E-state index in [0.717, 1.165) is 12.8 Å². The minimum Gasteiger partial charge on any atom is -0.393 e. The van der Waals surface area contributed by atoms with Crippen molar-refractivity contribution in [2.45, 2.75) is 44.6 Å². The van der Waals surface area contributed by atoms with E-state index < -0.39 is 0 Å². The van der Waals surface area contributed by atoms with Gasteiger partial charge in [-0.25, -0.2) is 0 Å². The van der Waals surface area contributed by atoms with Gasteiger partial charge in [-0.3, -0.25) is 4.99 Å². The average Bonchev–Trinajstić information content (AvgIpc) is 2.04. The van der Waals surface area contributed by atoms with E-state index in [0.29, 0.717) is 23.3 Å². The average molecular weight is 199 g/mol. The molecule has 0 bridgehead atoms. The summed E-state index contributed by atoms with van der Waals surface area (Å²) in [6, 6.07) is 0.420. The van der Waals surface area contributed by atoms with Gasteiger partial charge in [-0.1, -0.05) is 31.5 Å². The molecule has 1 saturated carbocycles. The molecule has 1 fully saturated rings. The molecule has 1 aliphatic rings. The molecule has 0 amide bonds. The van der Waals surface area contributed by atoms with Crippen molar-refractivity contribution >= 4 is 23.0 Å². The number of rotatable bonds is 3. The highest BCUT2D eigenvalue weighted by atomic mass is 32.1. The van der Waals surface area contributed by atoms with Crippen LogP contribution in [-0.2, 0) is 0 Å². The molecule has 1 rings (SSSR count). The molecule has 1 aliphatic carbocycles. The Labute approximate surface area is 84.6 Å². The van der Waals surface area contributed by atoms with Crippen molar-refractivity contribution in [3.8, 4) is 0 Å². The van der Waals surface area contributed by atoms with Gasteiger partial charge < -0.3 is 11.5 Å². The van der Waals surface area contributed by atoms with Crippen molar-refractivity contribution in [2.24, 2.45) is 16.5 Å². The van der Waals surface area contributed by atoms with Gasteiger partial charge in [0.2, 0.25) is 0 Å². The van der Waals surface area contributed by atoms with Gasteiger partial charge in [-0.2, -0.15) is 0 Å². The minimum absolute atomic E-state index is 0.420. The van der Waals surface area contributed by atoms with E-state index in [1.165, 1.54) is 19.3 Å². The maximum Gasteiger partial charge on any atom is 0.101 e. The van der Waals surface area contributed by atoms with Gasteiger partial charge in [0.15, 0.2) is 0 Å². The van der Waals surface area contributed by atoms with Crippen molar-refractivity contribution < 1.29 is 0 Å². The van der Waals surface area contributed by atoms with Crippen LogP contribution >= 0.6 is 12.2 Å². The lowest BCUT2D eigenvalue weighted by Gasteiger charge is -2.18. The SMILES string of the molecule is NC(=S)CC(N)=NC1CCCCC1. The van der Waals surface area contributed by atoms with Crippen molar-refractivity contribution in [2.75, 3.05) is 0 Å². The summed E-state index contributed by atoms with van der Waals surface area (Å²) in [4.78, 5) is 4.83. The molecule has 0 atom stereocenters. The molecular formula is C9H17N3S. The first-order valence-corrected chi connectivity index (χ1v) is 5.20. The van der Waals surface area contributed by atoms with Gasteiger partial charge in [0.05, 0.1) is 17.5 Å². The van der Waals surface area contributed by atoms with Crippen molar-refractivity contribution in [3.63, 3.8) is 0 Å². The van der Waals surface area contributed by atoms with Gasteiger partial charge in [-0.15, -0.1) is 0 Å². The molecule has 74 valence electrons. The van der Waals surface area contributed by atoms with Crippen LogP contribution in [0.15, 0.2) is 4.99 Å². The predicted molar refractivity (Wildman–Crippen MR) is 59.9 cm³/mol. The summed E-state index contributed by atoms with van der Waals surface area (Å²) in [7, 11) is 0. The molecular weight excluding hydrogens is 182 g/mol. The van der Waals surface area contributed by atoms with E-state index in [-0.39, 0.29) is 0 Å². The Balaban J connectivity index is 2.38. The van der Waals surface area contributed by atoms with Crippen LogP contribution in [0.4, 0.5) is 0 Å². The molecule has 3 nitrogen and oxygen atoms in total. The first-order chi connectivity index (χ1) is 6.18. The molecule has 4 N–H and O–H groups in total. The fourth-order valence-corrected chi connectivity index (χ4v) is 1.82. The Morgan fingerprint density at radius 1 is 1.23 bits per heavy atom. The molecule has 4 heteroatoms. The number of nitrogens with two attached hydrogens (primary N) is 2. The van der Waals surface area contributed by atoms with Gasteiger partial charge in [0.25, 0.3) is 0 Å². The number of amidine groups is 1. The van der Waals surface area contributed by atoms with Crippen LogP contribution in [0.1, 0.15) is 38.5 Å². The summed E-state index contributed by atoms with van der Waals surface area (Å²) in [5, 5.41) is 0. The Morgan fingerprint density at radius 2 is 1.85 bits per heavy atom. The second kappa shape index (κ2) is 5.17. The van der Waals surface area contributed by atoms with Crippen LogP contribution < -0.4 is 11.5 Å². The first kappa shape index (κ1) is 10.4. The number of hydrogen-bond acceptors (Lipinski definition) is 2. The second-order valence-electron chi connectivity index (χ2n) is 3.56. The molecule has 0 aliphatic heterocycles. The highest BCUT2D eigenvalue weighted by Gasteiger charge is 2.12. The molecule has 13 heavy (non-hydrogen) atoms. The summed E-state index contributed by atoms with van der Waals surface area (Å²) in [6.45, 7) is 0. The molecule has 0 aromatic rings. The molecule has 0 aromatic carbocycles. The third-order valence-corrected chi connectivity index (χ3v) is 2.42. The zero-order valence-electron chi connectivity index (χ0n) is 7.83. The first-order valence-electron chi connectivity index (χ1n) is 4.79. The lowest BCUT2D eigenvalue weighted by Crippen LogP contribution is -2.24. The van der Waals surface area contributed by atoms with Crippen molar-refractivity contribution in [1.29, 1.82) is 0 Å². The quantitative estimate of drug-likeness (QED) is 0.410. The minimum atomic E-state index is 0.420. The van der Waals surface area contributed by atoms with Crippen molar-refractivity contribution in [1.82, 2.24) is 0 Å². The van der Waals surface area contributed by atoms with Gasteiger partial charge in [-0.05, 0) is 12.8 Å². The lowest BCUT2D eigenvalue weighted by molar-refractivity contribution is 0.443. The highest BCUT2D eigenvalue weighted by Crippen LogP contribution is 2.20. The summed E-state index contributed by atoms with van der Waals surface area (Å²) < 4.78 is 0. The maximum atomic E-state index is 5.69. The monoisotopic (exact) mass is 199 g/mol. The van der Waals surface area contributed by atoms with Gasteiger partial charge >= 0.3 is 0 Å². The third kappa shape index (κ3) is 4.22. The highest BCUT2D eigenvalue weighted by molar-refractivity contribution is 7.80. The van der Waals surface area contributed by atoms with E-state index in [1.807, 2.05) is 0 Å². The van der Waals surface area contributed by atoms with E-state index in [1.54, 1.807) is 0 Å². The second-order valence-corrected chi connectivity index (χ2v) is 4.08. The molecule has 0 heterocycles. The van der Waals surface area contributed by atoms with Crippen molar-refractivity contribution in [3.05, 3.63) is 0 Å². The normalized spacial score (nSPS) is 20.2. The Morgan fingerprint density at radius 3 is 2.38 bits per heavy atom. The predicted octanol–water partition coefficient (Wildman–Crippen LogP) is 1.35. The van der Waals surface area contributed by atoms with Crippen LogP contribution in [0, 0.1) is 0 Å². The maximum absolute atomic E-state index is 5.69. The van der Waals surface area contributed by atoms with E-state index in [9.17, 15) is 0 Å². The zero-order valence-corrected chi connectivity index (χ0v) is 8.65.